The average Bonchev–Trinajstić information content (AvgIpc) is 3.50. The second kappa shape index (κ2) is 9.77. The van der Waals surface area contributed by atoms with E-state index in [0.29, 0.717) is 28.3 Å². The maximum absolute atomic E-state index is 15.4. The van der Waals surface area contributed by atoms with E-state index in [1.54, 1.807) is 0 Å². The summed E-state index contributed by atoms with van der Waals surface area (Å²) in [4.78, 5) is 3.93. The number of alkyl halides is 2. The Hall–Kier alpha value is -2.89. The second-order valence-corrected chi connectivity index (χ2v) is 16.4. The second-order valence-electron chi connectivity index (χ2n) is 10.7. The molecule has 196 valence electrons. The van der Waals surface area contributed by atoms with Crippen molar-refractivity contribution in [3.8, 4) is 11.8 Å². The Labute approximate surface area is 217 Å². The first kappa shape index (κ1) is 27.1. The van der Waals surface area contributed by atoms with E-state index in [2.05, 4.69) is 75.0 Å². The molecule has 1 atom stereocenters. The van der Waals surface area contributed by atoms with Crippen LogP contribution in [0.2, 0.25) is 16.6 Å². The summed E-state index contributed by atoms with van der Waals surface area (Å²) in [5.41, 5.74) is -0.196. The third-order valence-electron chi connectivity index (χ3n) is 7.66. The topological polar surface area (TPSA) is 30.4 Å². The lowest BCUT2D eigenvalue weighted by atomic mass is 9.90. The van der Waals surface area contributed by atoms with Crippen molar-refractivity contribution in [3.63, 3.8) is 0 Å². The lowest BCUT2D eigenvalue weighted by molar-refractivity contribution is -0.0901. The van der Waals surface area contributed by atoms with Gasteiger partial charge in [0, 0.05) is 35.2 Å². The van der Waals surface area contributed by atoms with Crippen LogP contribution in [0.1, 0.15) is 63.9 Å². The maximum atomic E-state index is 15.4. The molecule has 1 aliphatic rings. The van der Waals surface area contributed by atoms with Crippen LogP contribution in [-0.2, 0) is 16.3 Å². The van der Waals surface area contributed by atoms with Gasteiger partial charge in [-0.05, 0) is 53.2 Å². The van der Waals surface area contributed by atoms with Crippen molar-refractivity contribution in [1.29, 1.82) is 0 Å². The molecule has 2 aromatic heterocycles. The summed E-state index contributed by atoms with van der Waals surface area (Å²) in [6.07, 6.45) is 5.49. The minimum atomic E-state index is -3.62. The third-order valence-corrected chi connectivity index (χ3v) is 14.4. The first-order valence-corrected chi connectivity index (χ1v) is 14.7. The number of halogens is 4. The monoisotopic (exact) mass is 528 g/mol. The molecule has 0 aliphatic carbocycles. The normalized spacial score (nSPS) is 17.9. The molecule has 3 nitrogen and oxygen atoms in total. The predicted molar refractivity (Wildman–Crippen MR) is 139 cm³/mol. The van der Waals surface area contributed by atoms with Gasteiger partial charge in [0.15, 0.2) is 13.8 Å². The van der Waals surface area contributed by atoms with Crippen LogP contribution >= 0.6 is 0 Å². The molecule has 1 fully saturated rings. The fourth-order valence-electron chi connectivity index (χ4n) is 6.01. The highest BCUT2D eigenvalue weighted by atomic mass is 28.3. The molecular formula is C29H32F4N2OSi. The molecule has 0 spiro atoms. The van der Waals surface area contributed by atoms with Gasteiger partial charge in [0.05, 0.1) is 6.61 Å². The Balaban J connectivity index is 1.58. The van der Waals surface area contributed by atoms with Crippen LogP contribution in [0.25, 0.3) is 0 Å². The molecule has 4 rings (SSSR count). The molecule has 0 saturated carbocycles. The van der Waals surface area contributed by atoms with Gasteiger partial charge in [0.1, 0.15) is 17.3 Å². The van der Waals surface area contributed by atoms with Crippen molar-refractivity contribution in [2.24, 2.45) is 0 Å². The Bertz CT molecular complexity index is 1310. The summed E-state index contributed by atoms with van der Waals surface area (Å²) in [5.74, 6) is 0.589. The van der Waals surface area contributed by atoms with Crippen molar-refractivity contribution >= 4 is 8.24 Å². The van der Waals surface area contributed by atoms with Crippen LogP contribution in [0.3, 0.4) is 0 Å². The molecule has 3 heterocycles. The van der Waals surface area contributed by atoms with Gasteiger partial charge in [0.25, 0.3) is 0 Å². The molecule has 0 N–H and O–H groups in total. The van der Waals surface area contributed by atoms with E-state index in [-0.39, 0.29) is 0 Å². The molecule has 0 amide bonds. The third kappa shape index (κ3) is 4.53. The van der Waals surface area contributed by atoms with E-state index in [4.69, 9.17) is 4.74 Å². The summed E-state index contributed by atoms with van der Waals surface area (Å²) in [5, 5.41) is 0. The number of aromatic nitrogens is 2. The van der Waals surface area contributed by atoms with E-state index in [1.165, 1.54) is 18.3 Å². The van der Waals surface area contributed by atoms with Gasteiger partial charge in [-0.15, -0.1) is 0 Å². The Kier molecular flexibility index (Phi) is 7.17. The number of pyridine rings is 1. The van der Waals surface area contributed by atoms with Crippen molar-refractivity contribution < 1.29 is 22.3 Å². The van der Waals surface area contributed by atoms with Gasteiger partial charge in [-0.25, -0.2) is 8.78 Å². The SMILES string of the molecule is CC(C)[Si](C(C)C)(C(C)C)n1ccc(C#Cc2ccc(C(F)(F)C3(c4ccc(F)cc4F)CO3)nc2)c1. The zero-order valence-electron chi connectivity index (χ0n) is 21.9. The van der Waals surface area contributed by atoms with Crippen molar-refractivity contribution in [1.82, 2.24) is 9.22 Å². The van der Waals surface area contributed by atoms with E-state index >= 15 is 8.78 Å². The average molecular weight is 529 g/mol. The molecule has 0 bridgehead atoms. The summed E-state index contributed by atoms with van der Waals surface area (Å²) in [7, 11) is -1.87. The lowest BCUT2D eigenvalue weighted by Crippen LogP contribution is -2.51. The predicted octanol–water partition coefficient (Wildman–Crippen LogP) is 7.60. The molecule has 37 heavy (non-hydrogen) atoms. The zero-order valence-corrected chi connectivity index (χ0v) is 22.9. The smallest absolute Gasteiger partial charge is 0.324 e. The van der Waals surface area contributed by atoms with Crippen molar-refractivity contribution in [2.45, 2.75) is 69.7 Å². The summed E-state index contributed by atoms with van der Waals surface area (Å²) >= 11 is 0. The van der Waals surface area contributed by atoms with Gasteiger partial charge in [0.2, 0.25) is 0 Å². The number of hydrogen-bond donors (Lipinski definition) is 0. The number of rotatable bonds is 7. The fraction of sp³-hybridized carbons (Fsp3) is 0.414. The largest absolute Gasteiger partial charge is 0.378 e. The van der Waals surface area contributed by atoms with Gasteiger partial charge in [-0.2, -0.15) is 8.78 Å². The van der Waals surface area contributed by atoms with Crippen LogP contribution in [0.5, 0.6) is 0 Å². The van der Waals surface area contributed by atoms with Crippen LogP contribution in [0.4, 0.5) is 17.6 Å². The van der Waals surface area contributed by atoms with E-state index < -0.39 is 49.3 Å². The standard InChI is InChI=1S/C29H32F4N2OSi/c1-19(2)37(20(3)4,21(5)6)35-14-13-23(17-35)8-7-22-9-12-27(34-16-22)29(32,33)28(18-36-28)25-11-10-24(30)15-26(25)31/h9-17,19-21H,18H2,1-6H3. The minimum Gasteiger partial charge on any atom is -0.378 e. The van der Waals surface area contributed by atoms with E-state index in [0.717, 1.165) is 17.7 Å². The molecule has 1 unspecified atom stereocenters. The highest BCUT2D eigenvalue weighted by Gasteiger charge is 2.68. The van der Waals surface area contributed by atoms with Gasteiger partial charge >= 0.3 is 5.92 Å². The maximum Gasteiger partial charge on any atom is 0.324 e. The van der Waals surface area contributed by atoms with Gasteiger partial charge < -0.3 is 8.97 Å². The molecule has 1 aliphatic heterocycles. The number of benzene rings is 1. The van der Waals surface area contributed by atoms with Gasteiger partial charge in [-0.3, -0.25) is 4.98 Å². The molecular weight excluding hydrogens is 496 g/mol. The van der Waals surface area contributed by atoms with E-state index in [1.807, 2.05) is 6.07 Å². The molecule has 3 aromatic rings. The highest BCUT2D eigenvalue weighted by molar-refractivity contribution is 6.82. The van der Waals surface area contributed by atoms with Crippen molar-refractivity contribution in [3.05, 3.63) is 89.0 Å². The molecule has 8 heteroatoms. The van der Waals surface area contributed by atoms with Crippen LogP contribution in [-0.4, -0.2) is 24.1 Å². The van der Waals surface area contributed by atoms with Crippen LogP contribution in [0, 0.1) is 23.5 Å². The molecule has 1 aromatic carbocycles. The Morgan fingerprint density at radius 1 is 0.946 bits per heavy atom. The van der Waals surface area contributed by atoms with E-state index in [9.17, 15) is 8.78 Å². The quantitative estimate of drug-likeness (QED) is 0.137. The van der Waals surface area contributed by atoms with Crippen LogP contribution in [0.15, 0.2) is 55.0 Å². The summed E-state index contributed by atoms with van der Waals surface area (Å²) in [6.45, 7) is 13.4. The first-order chi connectivity index (χ1) is 17.4. The minimum absolute atomic E-state index is 0.391. The van der Waals surface area contributed by atoms with Crippen LogP contribution < -0.4 is 0 Å². The fourth-order valence-corrected chi connectivity index (χ4v) is 12.5. The first-order valence-electron chi connectivity index (χ1n) is 12.5. The van der Waals surface area contributed by atoms with Crippen molar-refractivity contribution in [2.75, 3.05) is 6.61 Å². The molecule has 0 radical (unpaired) electrons. The summed E-state index contributed by atoms with van der Waals surface area (Å²) < 4.78 is 65.8. The zero-order chi connectivity index (χ0) is 27.2. The number of hydrogen-bond acceptors (Lipinski definition) is 2. The Morgan fingerprint density at radius 3 is 2.08 bits per heavy atom. The molecule has 1 saturated heterocycles. The van der Waals surface area contributed by atoms with Gasteiger partial charge in [-0.1, -0.05) is 53.4 Å². The number of ether oxygens (including phenoxy) is 1. The number of nitrogens with zero attached hydrogens (tertiary/aromatic N) is 2. The highest BCUT2D eigenvalue weighted by Crippen LogP contribution is 2.56. The Morgan fingerprint density at radius 2 is 1.57 bits per heavy atom. The number of epoxide rings is 1. The lowest BCUT2D eigenvalue weighted by Gasteiger charge is -2.44. The summed E-state index contributed by atoms with van der Waals surface area (Å²) in [6, 6.07) is 7.13.